The fourth-order valence-electron chi connectivity index (χ4n) is 3.27. The molecule has 114 valence electrons. The fourth-order valence-corrected chi connectivity index (χ4v) is 3.27. The zero-order valence-corrected chi connectivity index (χ0v) is 14.3. The second-order valence-corrected chi connectivity index (χ2v) is 7.94. The van der Waals surface area contributed by atoms with Crippen molar-refractivity contribution in [2.75, 3.05) is 13.6 Å². The summed E-state index contributed by atoms with van der Waals surface area (Å²) in [5, 5.41) is 3.62. The maximum atomic E-state index is 3.62. The first-order valence-electron chi connectivity index (χ1n) is 8.18. The number of hydrogen-bond donors (Lipinski definition) is 1. The second-order valence-electron chi connectivity index (χ2n) is 7.94. The molecule has 0 aromatic rings. The minimum Gasteiger partial charge on any atom is -0.313 e. The molecule has 0 bridgehead atoms. The molecule has 1 fully saturated rings. The van der Waals surface area contributed by atoms with E-state index in [2.05, 4.69) is 58.8 Å². The lowest BCUT2D eigenvalue weighted by molar-refractivity contribution is 0.0742. The summed E-state index contributed by atoms with van der Waals surface area (Å²) in [6.45, 7) is 15.1. The lowest BCUT2D eigenvalue weighted by Gasteiger charge is -2.43. The summed E-state index contributed by atoms with van der Waals surface area (Å²) in [7, 11) is 2.34. The Morgan fingerprint density at radius 3 is 2.05 bits per heavy atom. The summed E-state index contributed by atoms with van der Waals surface area (Å²) in [5.74, 6) is 0.714. The Hall–Kier alpha value is -0.0800. The molecular formula is C17H36N2. The van der Waals surface area contributed by atoms with Crippen molar-refractivity contribution in [3.05, 3.63) is 0 Å². The van der Waals surface area contributed by atoms with Crippen molar-refractivity contribution in [3.63, 3.8) is 0 Å². The number of hydrogen-bond acceptors (Lipinski definition) is 2. The van der Waals surface area contributed by atoms with Crippen LogP contribution in [0, 0.1) is 11.3 Å². The molecule has 0 radical (unpaired) electrons. The number of nitrogens with one attached hydrogen (secondary N) is 1. The van der Waals surface area contributed by atoms with E-state index >= 15 is 0 Å². The van der Waals surface area contributed by atoms with Gasteiger partial charge in [-0.25, -0.2) is 0 Å². The van der Waals surface area contributed by atoms with E-state index in [1.807, 2.05) is 0 Å². The molecule has 1 rings (SSSR count). The Bertz CT molecular complexity index is 248. The first-order valence-corrected chi connectivity index (χ1v) is 8.18. The molecular weight excluding hydrogens is 232 g/mol. The summed E-state index contributed by atoms with van der Waals surface area (Å²) in [6, 6.07) is 2.03. The minimum absolute atomic E-state index is 0.570. The predicted molar refractivity (Wildman–Crippen MR) is 85.6 cm³/mol. The van der Waals surface area contributed by atoms with Gasteiger partial charge in [-0.05, 0) is 44.1 Å². The van der Waals surface area contributed by atoms with Gasteiger partial charge in [-0.2, -0.15) is 0 Å². The van der Waals surface area contributed by atoms with Crippen LogP contribution in [0.3, 0.4) is 0 Å². The van der Waals surface area contributed by atoms with E-state index in [0.717, 1.165) is 12.6 Å². The van der Waals surface area contributed by atoms with Crippen molar-refractivity contribution in [3.8, 4) is 0 Å². The molecule has 0 saturated heterocycles. The van der Waals surface area contributed by atoms with Crippen LogP contribution in [-0.2, 0) is 0 Å². The average Bonchev–Trinajstić information content (AvgIpc) is 2.27. The molecule has 0 amide bonds. The largest absolute Gasteiger partial charge is 0.313 e. The summed E-state index contributed by atoms with van der Waals surface area (Å²) in [5.41, 5.74) is 0.570. The molecule has 1 unspecified atom stereocenters. The molecule has 2 heteroatoms. The van der Waals surface area contributed by atoms with Gasteiger partial charge in [0.1, 0.15) is 0 Å². The molecule has 0 aliphatic heterocycles. The van der Waals surface area contributed by atoms with Crippen molar-refractivity contribution < 1.29 is 0 Å². The van der Waals surface area contributed by atoms with E-state index in [0.29, 0.717) is 23.4 Å². The van der Waals surface area contributed by atoms with Crippen LogP contribution in [0.5, 0.6) is 0 Å². The third kappa shape index (κ3) is 5.43. The Kier molecular flexibility index (Phi) is 6.32. The SMILES string of the molecule is CC(C)NCC(C(C)C)N(C)C1CCC(C)(C)CC1. The third-order valence-electron chi connectivity index (χ3n) is 4.91. The highest BCUT2D eigenvalue weighted by Gasteiger charge is 2.32. The highest BCUT2D eigenvalue weighted by atomic mass is 15.2. The molecule has 2 nitrogen and oxygen atoms in total. The highest BCUT2D eigenvalue weighted by Crippen LogP contribution is 2.37. The van der Waals surface area contributed by atoms with Gasteiger partial charge in [-0.15, -0.1) is 0 Å². The van der Waals surface area contributed by atoms with E-state index in [4.69, 9.17) is 0 Å². The van der Waals surface area contributed by atoms with Crippen LogP contribution in [0.4, 0.5) is 0 Å². The highest BCUT2D eigenvalue weighted by molar-refractivity contribution is 4.87. The number of rotatable bonds is 6. The topological polar surface area (TPSA) is 15.3 Å². The van der Waals surface area contributed by atoms with Crippen molar-refractivity contribution in [2.45, 2.75) is 85.4 Å². The van der Waals surface area contributed by atoms with Crippen LogP contribution < -0.4 is 5.32 Å². The standard InChI is InChI=1S/C17H36N2/c1-13(2)16(12-18-14(3)4)19(7)15-8-10-17(5,6)11-9-15/h13-16,18H,8-12H2,1-7H3. The lowest BCUT2D eigenvalue weighted by Crippen LogP contribution is -2.50. The summed E-state index contributed by atoms with van der Waals surface area (Å²) >= 11 is 0. The van der Waals surface area contributed by atoms with Gasteiger partial charge >= 0.3 is 0 Å². The lowest BCUT2D eigenvalue weighted by atomic mass is 9.75. The molecule has 1 aliphatic carbocycles. The van der Waals surface area contributed by atoms with Crippen LogP contribution in [0.1, 0.15) is 67.2 Å². The Balaban J connectivity index is 2.54. The number of likely N-dealkylation sites (N-methyl/N-ethyl adjacent to an activating group) is 1. The predicted octanol–water partition coefficient (Wildman–Crippen LogP) is 3.91. The third-order valence-corrected chi connectivity index (χ3v) is 4.91. The fraction of sp³-hybridized carbons (Fsp3) is 1.00. The summed E-state index contributed by atoms with van der Waals surface area (Å²) in [4.78, 5) is 2.66. The Morgan fingerprint density at radius 2 is 1.63 bits per heavy atom. The van der Waals surface area contributed by atoms with Crippen molar-refractivity contribution in [1.82, 2.24) is 10.2 Å². The van der Waals surface area contributed by atoms with Crippen LogP contribution in [0.2, 0.25) is 0 Å². The second kappa shape index (κ2) is 7.08. The van der Waals surface area contributed by atoms with Crippen LogP contribution in [0.15, 0.2) is 0 Å². The molecule has 1 saturated carbocycles. The van der Waals surface area contributed by atoms with Crippen molar-refractivity contribution >= 4 is 0 Å². The van der Waals surface area contributed by atoms with Gasteiger partial charge in [-0.1, -0.05) is 41.5 Å². The summed E-state index contributed by atoms with van der Waals surface area (Å²) in [6.07, 6.45) is 5.50. The van der Waals surface area contributed by atoms with Gasteiger partial charge < -0.3 is 5.32 Å². The van der Waals surface area contributed by atoms with Crippen molar-refractivity contribution in [2.24, 2.45) is 11.3 Å². The zero-order valence-electron chi connectivity index (χ0n) is 14.3. The molecule has 0 heterocycles. The molecule has 1 atom stereocenters. The van der Waals surface area contributed by atoms with Gasteiger partial charge in [-0.3, -0.25) is 4.90 Å². The van der Waals surface area contributed by atoms with Gasteiger partial charge in [0.15, 0.2) is 0 Å². The Labute approximate surface area is 121 Å². The molecule has 1 aliphatic rings. The molecule has 0 aromatic heterocycles. The van der Waals surface area contributed by atoms with E-state index in [1.54, 1.807) is 0 Å². The van der Waals surface area contributed by atoms with E-state index < -0.39 is 0 Å². The van der Waals surface area contributed by atoms with Gasteiger partial charge in [0.25, 0.3) is 0 Å². The molecule has 19 heavy (non-hydrogen) atoms. The first-order chi connectivity index (χ1) is 8.73. The van der Waals surface area contributed by atoms with Gasteiger partial charge in [0.05, 0.1) is 0 Å². The molecule has 0 spiro atoms. The average molecular weight is 268 g/mol. The summed E-state index contributed by atoms with van der Waals surface area (Å²) < 4.78 is 0. The minimum atomic E-state index is 0.570. The van der Waals surface area contributed by atoms with E-state index in [9.17, 15) is 0 Å². The van der Waals surface area contributed by atoms with E-state index in [1.165, 1.54) is 25.7 Å². The normalized spacial score (nSPS) is 22.4. The Morgan fingerprint density at radius 1 is 1.11 bits per heavy atom. The molecule has 1 N–H and O–H groups in total. The number of nitrogens with zero attached hydrogens (tertiary/aromatic N) is 1. The zero-order chi connectivity index (χ0) is 14.6. The maximum absolute atomic E-state index is 3.62. The van der Waals surface area contributed by atoms with Crippen molar-refractivity contribution in [1.29, 1.82) is 0 Å². The van der Waals surface area contributed by atoms with E-state index in [-0.39, 0.29) is 0 Å². The van der Waals surface area contributed by atoms with Gasteiger partial charge in [0, 0.05) is 24.7 Å². The monoisotopic (exact) mass is 268 g/mol. The molecule has 0 aromatic carbocycles. The van der Waals surface area contributed by atoms with Gasteiger partial charge in [0.2, 0.25) is 0 Å². The van der Waals surface area contributed by atoms with Crippen LogP contribution in [-0.4, -0.2) is 36.6 Å². The quantitative estimate of drug-likeness (QED) is 0.786. The maximum Gasteiger partial charge on any atom is 0.0243 e. The van der Waals surface area contributed by atoms with Crippen LogP contribution in [0.25, 0.3) is 0 Å². The van der Waals surface area contributed by atoms with Crippen LogP contribution >= 0.6 is 0 Å². The smallest absolute Gasteiger partial charge is 0.0243 e. The first kappa shape index (κ1) is 17.0.